The molecule has 0 bridgehead atoms. The zero-order valence-corrected chi connectivity index (χ0v) is 11.6. The molecule has 9 heteroatoms. The molecular weight excluding hydrogens is 282 g/mol. The standard InChI is InChI=1S/C11H15N5O3S/c1-7-15-11(16-19-7)4-5-14-10-3-2-8(6-9(10)12)20(13,17)18/h2-3,6,14H,4-5,12H2,1H3,(H2,13,17,18). The number of sulfonamides is 1. The molecule has 0 saturated heterocycles. The van der Waals surface area contributed by atoms with Crippen LogP contribution >= 0.6 is 0 Å². The number of hydrogen-bond donors (Lipinski definition) is 3. The van der Waals surface area contributed by atoms with Crippen LogP contribution in [0.15, 0.2) is 27.6 Å². The van der Waals surface area contributed by atoms with Gasteiger partial charge in [-0.1, -0.05) is 5.16 Å². The Morgan fingerprint density at radius 3 is 2.70 bits per heavy atom. The molecule has 2 aromatic rings. The number of aryl methyl sites for hydroxylation is 1. The third-order valence-corrected chi connectivity index (χ3v) is 3.50. The maximum absolute atomic E-state index is 11.2. The Hall–Kier alpha value is -2.13. The van der Waals surface area contributed by atoms with E-state index in [9.17, 15) is 8.42 Å². The van der Waals surface area contributed by atoms with Gasteiger partial charge in [0, 0.05) is 19.9 Å². The number of aromatic nitrogens is 2. The van der Waals surface area contributed by atoms with E-state index in [0.29, 0.717) is 36.1 Å². The Kier molecular flexibility index (Phi) is 3.91. The highest BCUT2D eigenvalue weighted by Crippen LogP contribution is 2.21. The third-order valence-electron chi connectivity index (χ3n) is 2.59. The largest absolute Gasteiger partial charge is 0.397 e. The minimum atomic E-state index is -3.74. The first-order valence-electron chi connectivity index (χ1n) is 5.81. The number of rotatable bonds is 5. The molecule has 0 unspecified atom stereocenters. The van der Waals surface area contributed by atoms with Crippen LogP contribution in [0.3, 0.4) is 0 Å². The van der Waals surface area contributed by atoms with Crippen molar-refractivity contribution in [2.24, 2.45) is 5.14 Å². The predicted molar refractivity (Wildman–Crippen MR) is 73.5 cm³/mol. The van der Waals surface area contributed by atoms with E-state index >= 15 is 0 Å². The first-order valence-corrected chi connectivity index (χ1v) is 7.36. The molecule has 0 amide bonds. The summed E-state index contributed by atoms with van der Waals surface area (Å²) in [6.45, 7) is 2.26. The van der Waals surface area contributed by atoms with Crippen LogP contribution in [-0.2, 0) is 16.4 Å². The van der Waals surface area contributed by atoms with Gasteiger partial charge in [-0.25, -0.2) is 13.6 Å². The van der Waals surface area contributed by atoms with E-state index < -0.39 is 10.0 Å². The van der Waals surface area contributed by atoms with E-state index in [4.69, 9.17) is 15.4 Å². The SMILES string of the molecule is Cc1nc(CCNc2ccc(S(N)(=O)=O)cc2N)no1. The second-order valence-corrected chi connectivity index (χ2v) is 5.76. The molecular formula is C11H15N5O3S. The summed E-state index contributed by atoms with van der Waals surface area (Å²) in [7, 11) is -3.74. The van der Waals surface area contributed by atoms with Crippen LogP contribution in [-0.4, -0.2) is 25.1 Å². The number of nitrogens with one attached hydrogen (secondary N) is 1. The fraction of sp³-hybridized carbons (Fsp3) is 0.273. The highest BCUT2D eigenvalue weighted by molar-refractivity contribution is 7.89. The van der Waals surface area contributed by atoms with Crippen molar-refractivity contribution >= 4 is 21.4 Å². The van der Waals surface area contributed by atoms with Gasteiger partial charge in [0.1, 0.15) is 0 Å². The van der Waals surface area contributed by atoms with Crippen LogP contribution in [0.1, 0.15) is 11.7 Å². The monoisotopic (exact) mass is 297 g/mol. The van der Waals surface area contributed by atoms with Crippen LogP contribution < -0.4 is 16.2 Å². The van der Waals surface area contributed by atoms with Gasteiger partial charge in [0.05, 0.1) is 16.3 Å². The average molecular weight is 297 g/mol. The number of hydrogen-bond acceptors (Lipinski definition) is 7. The number of nitrogen functional groups attached to an aromatic ring is 1. The molecule has 2 rings (SSSR count). The number of benzene rings is 1. The molecule has 0 radical (unpaired) electrons. The van der Waals surface area contributed by atoms with Crippen molar-refractivity contribution in [3.8, 4) is 0 Å². The average Bonchev–Trinajstić information content (AvgIpc) is 2.76. The zero-order chi connectivity index (χ0) is 14.8. The molecule has 0 saturated carbocycles. The van der Waals surface area contributed by atoms with E-state index in [1.807, 2.05) is 0 Å². The lowest BCUT2D eigenvalue weighted by Crippen LogP contribution is -2.13. The third kappa shape index (κ3) is 3.45. The first-order chi connectivity index (χ1) is 9.36. The second kappa shape index (κ2) is 5.47. The van der Waals surface area contributed by atoms with Crippen LogP contribution in [0, 0.1) is 6.92 Å². The van der Waals surface area contributed by atoms with Gasteiger partial charge < -0.3 is 15.6 Å². The summed E-state index contributed by atoms with van der Waals surface area (Å²) in [5.41, 5.74) is 6.70. The molecule has 0 fully saturated rings. The molecule has 1 aromatic heterocycles. The van der Waals surface area contributed by atoms with Crippen molar-refractivity contribution in [2.75, 3.05) is 17.6 Å². The van der Waals surface area contributed by atoms with Crippen molar-refractivity contribution in [3.05, 3.63) is 29.9 Å². The summed E-state index contributed by atoms with van der Waals surface area (Å²) in [4.78, 5) is 4.05. The van der Waals surface area contributed by atoms with Gasteiger partial charge in [-0.05, 0) is 18.2 Å². The molecule has 0 aliphatic carbocycles. The summed E-state index contributed by atoms with van der Waals surface area (Å²) < 4.78 is 27.2. The van der Waals surface area contributed by atoms with Gasteiger partial charge in [0.2, 0.25) is 15.9 Å². The molecule has 0 aliphatic rings. The Bertz CT molecular complexity index is 711. The Balaban J connectivity index is 2.00. The Morgan fingerprint density at radius 1 is 1.40 bits per heavy atom. The normalized spacial score (nSPS) is 11.5. The summed E-state index contributed by atoms with van der Waals surface area (Å²) in [5.74, 6) is 1.10. The van der Waals surface area contributed by atoms with Crippen molar-refractivity contribution in [2.45, 2.75) is 18.2 Å². The maximum atomic E-state index is 11.2. The van der Waals surface area contributed by atoms with Crippen molar-refractivity contribution in [1.82, 2.24) is 10.1 Å². The van der Waals surface area contributed by atoms with Crippen LogP contribution in [0.2, 0.25) is 0 Å². The lowest BCUT2D eigenvalue weighted by atomic mass is 10.2. The quantitative estimate of drug-likeness (QED) is 0.673. The molecule has 5 N–H and O–H groups in total. The molecule has 108 valence electrons. The van der Waals surface area contributed by atoms with Gasteiger partial charge in [-0.15, -0.1) is 0 Å². The van der Waals surface area contributed by atoms with Crippen molar-refractivity contribution in [3.63, 3.8) is 0 Å². The van der Waals surface area contributed by atoms with Gasteiger partial charge in [0.15, 0.2) is 5.82 Å². The van der Waals surface area contributed by atoms with E-state index in [-0.39, 0.29) is 4.90 Å². The molecule has 0 atom stereocenters. The van der Waals surface area contributed by atoms with Gasteiger partial charge in [-0.3, -0.25) is 0 Å². The highest BCUT2D eigenvalue weighted by atomic mass is 32.2. The summed E-state index contributed by atoms with van der Waals surface area (Å²) in [6.07, 6.45) is 0.563. The van der Waals surface area contributed by atoms with Gasteiger partial charge >= 0.3 is 0 Å². The zero-order valence-electron chi connectivity index (χ0n) is 10.8. The van der Waals surface area contributed by atoms with E-state index in [1.165, 1.54) is 12.1 Å². The molecule has 0 spiro atoms. The van der Waals surface area contributed by atoms with Crippen LogP contribution in [0.5, 0.6) is 0 Å². The smallest absolute Gasteiger partial charge is 0.238 e. The maximum Gasteiger partial charge on any atom is 0.238 e. The fourth-order valence-corrected chi connectivity index (χ4v) is 2.18. The van der Waals surface area contributed by atoms with E-state index in [2.05, 4.69) is 15.5 Å². The van der Waals surface area contributed by atoms with E-state index in [1.54, 1.807) is 13.0 Å². The molecule has 20 heavy (non-hydrogen) atoms. The number of nitrogens with zero attached hydrogens (tertiary/aromatic N) is 2. The van der Waals surface area contributed by atoms with E-state index in [0.717, 1.165) is 0 Å². The molecule has 8 nitrogen and oxygen atoms in total. The molecule has 1 heterocycles. The van der Waals surface area contributed by atoms with Gasteiger partial charge in [-0.2, -0.15) is 4.98 Å². The number of anilines is 2. The highest BCUT2D eigenvalue weighted by Gasteiger charge is 2.10. The van der Waals surface area contributed by atoms with Gasteiger partial charge in [0.25, 0.3) is 0 Å². The number of primary sulfonamides is 1. The second-order valence-electron chi connectivity index (χ2n) is 4.20. The topological polar surface area (TPSA) is 137 Å². The Morgan fingerprint density at radius 2 is 2.15 bits per heavy atom. The predicted octanol–water partition coefficient (Wildman–Crippen LogP) is 0.262. The minimum absolute atomic E-state index is 0.0191. The minimum Gasteiger partial charge on any atom is -0.397 e. The summed E-state index contributed by atoms with van der Waals surface area (Å²) in [5, 5.41) is 11.9. The molecule has 1 aromatic carbocycles. The lowest BCUT2D eigenvalue weighted by molar-refractivity contribution is 0.387. The summed E-state index contributed by atoms with van der Waals surface area (Å²) >= 11 is 0. The lowest BCUT2D eigenvalue weighted by Gasteiger charge is -2.09. The van der Waals surface area contributed by atoms with Crippen molar-refractivity contribution < 1.29 is 12.9 Å². The first kappa shape index (κ1) is 14.3. The fourth-order valence-electron chi connectivity index (χ4n) is 1.63. The molecule has 0 aliphatic heterocycles. The van der Waals surface area contributed by atoms with Crippen LogP contribution in [0.4, 0.5) is 11.4 Å². The van der Waals surface area contributed by atoms with Crippen molar-refractivity contribution in [1.29, 1.82) is 0 Å². The number of nitrogens with two attached hydrogens (primary N) is 2. The summed E-state index contributed by atoms with van der Waals surface area (Å²) in [6, 6.07) is 4.28. The van der Waals surface area contributed by atoms with Crippen LogP contribution in [0.25, 0.3) is 0 Å². The Labute approximate surface area is 116 Å².